The van der Waals surface area contributed by atoms with E-state index in [0.29, 0.717) is 32.1 Å². The molecule has 128 valence electrons. The highest BCUT2D eigenvalue weighted by Crippen LogP contribution is 2.23. The number of aromatic nitrogens is 1. The van der Waals surface area contributed by atoms with Crippen LogP contribution in [-0.4, -0.2) is 55.9 Å². The molecule has 0 bridgehead atoms. The van der Waals surface area contributed by atoms with Gasteiger partial charge in [-0.15, -0.1) is 0 Å². The summed E-state index contributed by atoms with van der Waals surface area (Å²) in [7, 11) is -3.21. The summed E-state index contributed by atoms with van der Waals surface area (Å²) in [5.74, 6) is 1.15. The number of sulfonamides is 1. The zero-order valence-electron chi connectivity index (χ0n) is 13.5. The third-order valence-electron chi connectivity index (χ3n) is 4.48. The molecule has 0 N–H and O–H groups in total. The van der Waals surface area contributed by atoms with Gasteiger partial charge in [-0.05, 0) is 44.2 Å². The van der Waals surface area contributed by atoms with Gasteiger partial charge in [-0.3, -0.25) is 4.98 Å². The Balaban J connectivity index is 1.54. The molecular formula is C16H24N2O4S. The average Bonchev–Trinajstić information content (AvgIpc) is 3.00. The van der Waals surface area contributed by atoms with Crippen molar-refractivity contribution in [3.63, 3.8) is 0 Å². The Hall–Kier alpha value is -1.18. The number of hydrogen-bond acceptors (Lipinski definition) is 5. The molecule has 1 atom stereocenters. The molecule has 0 radical (unpaired) electrons. The zero-order chi connectivity index (χ0) is 16.3. The quantitative estimate of drug-likeness (QED) is 0.814. The summed E-state index contributed by atoms with van der Waals surface area (Å²) in [5.41, 5.74) is 0.935. The van der Waals surface area contributed by atoms with Crippen LogP contribution in [0.15, 0.2) is 18.3 Å². The van der Waals surface area contributed by atoms with Crippen LogP contribution in [-0.2, 0) is 14.8 Å². The first kappa shape index (κ1) is 16.7. The second-order valence-corrected chi connectivity index (χ2v) is 8.37. The van der Waals surface area contributed by atoms with Gasteiger partial charge >= 0.3 is 0 Å². The summed E-state index contributed by atoms with van der Waals surface area (Å²) in [6.45, 7) is 4.23. The van der Waals surface area contributed by atoms with Crippen molar-refractivity contribution in [2.24, 2.45) is 5.92 Å². The second kappa shape index (κ2) is 7.15. The van der Waals surface area contributed by atoms with Crippen molar-refractivity contribution in [1.82, 2.24) is 9.29 Å². The fourth-order valence-electron chi connectivity index (χ4n) is 3.08. The van der Waals surface area contributed by atoms with Crippen molar-refractivity contribution in [3.05, 3.63) is 24.0 Å². The summed E-state index contributed by atoms with van der Waals surface area (Å²) >= 11 is 0. The highest BCUT2D eigenvalue weighted by atomic mass is 32.2. The van der Waals surface area contributed by atoms with Crippen molar-refractivity contribution in [1.29, 1.82) is 0 Å². The van der Waals surface area contributed by atoms with Gasteiger partial charge in [0.1, 0.15) is 11.9 Å². The second-order valence-electron chi connectivity index (χ2n) is 6.36. The van der Waals surface area contributed by atoms with Crippen LogP contribution in [0.2, 0.25) is 0 Å². The van der Waals surface area contributed by atoms with E-state index in [-0.39, 0.29) is 17.8 Å². The van der Waals surface area contributed by atoms with Gasteiger partial charge in [-0.2, -0.15) is 4.31 Å². The summed E-state index contributed by atoms with van der Waals surface area (Å²) in [6, 6.07) is 3.77. The monoisotopic (exact) mass is 340 g/mol. The number of hydrogen-bond donors (Lipinski definition) is 0. The molecule has 7 heteroatoms. The fourth-order valence-corrected chi connectivity index (χ4v) is 5.00. The van der Waals surface area contributed by atoms with Crippen molar-refractivity contribution in [2.45, 2.75) is 32.3 Å². The third-order valence-corrected chi connectivity index (χ3v) is 6.49. The molecule has 1 aromatic heterocycles. The Morgan fingerprint density at radius 3 is 2.78 bits per heavy atom. The molecule has 1 unspecified atom stereocenters. The van der Waals surface area contributed by atoms with Crippen LogP contribution >= 0.6 is 0 Å². The maximum absolute atomic E-state index is 12.6. The fraction of sp³-hybridized carbons (Fsp3) is 0.688. The van der Waals surface area contributed by atoms with Crippen LogP contribution in [0, 0.1) is 12.8 Å². The van der Waals surface area contributed by atoms with E-state index in [1.165, 1.54) is 0 Å². The lowest BCUT2D eigenvalue weighted by atomic mass is 10.0. The minimum atomic E-state index is -3.21. The number of rotatable bonds is 5. The molecule has 23 heavy (non-hydrogen) atoms. The summed E-state index contributed by atoms with van der Waals surface area (Å²) in [6.07, 6.45) is 3.99. The molecule has 0 aliphatic carbocycles. The molecule has 0 aromatic carbocycles. The van der Waals surface area contributed by atoms with E-state index in [1.54, 1.807) is 10.5 Å². The molecule has 1 aromatic rings. The maximum Gasteiger partial charge on any atom is 0.214 e. The first-order valence-electron chi connectivity index (χ1n) is 8.18. The Bertz CT molecular complexity index is 611. The SMILES string of the molecule is Cc1ccc(OC2CCN(S(=O)(=O)CC3CCOCC3)C2)cn1. The standard InChI is InChI=1S/C16H24N2O4S/c1-13-2-3-15(10-17-13)22-16-4-7-18(11-16)23(19,20)12-14-5-8-21-9-6-14/h2-3,10,14,16H,4-9,11-12H2,1H3. The van der Waals surface area contributed by atoms with E-state index in [2.05, 4.69) is 4.98 Å². The van der Waals surface area contributed by atoms with E-state index in [9.17, 15) is 8.42 Å². The highest BCUT2D eigenvalue weighted by molar-refractivity contribution is 7.89. The lowest BCUT2D eigenvalue weighted by Crippen LogP contribution is -2.36. The predicted octanol–water partition coefficient (Wildman–Crippen LogP) is 1.60. The molecule has 2 aliphatic rings. The van der Waals surface area contributed by atoms with Crippen LogP contribution in [0.3, 0.4) is 0 Å². The molecular weight excluding hydrogens is 316 g/mol. The first-order chi connectivity index (χ1) is 11.0. The summed E-state index contributed by atoms with van der Waals surface area (Å²) in [4.78, 5) is 4.20. The van der Waals surface area contributed by atoms with E-state index in [4.69, 9.17) is 9.47 Å². The number of nitrogens with zero attached hydrogens (tertiary/aromatic N) is 2. The minimum Gasteiger partial charge on any atom is -0.487 e. The number of aryl methyl sites for hydroxylation is 1. The van der Waals surface area contributed by atoms with Crippen LogP contribution in [0.5, 0.6) is 5.75 Å². The maximum atomic E-state index is 12.6. The molecule has 0 saturated carbocycles. The van der Waals surface area contributed by atoms with Gasteiger partial charge in [-0.1, -0.05) is 0 Å². The van der Waals surface area contributed by atoms with Crippen molar-refractivity contribution in [2.75, 3.05) is 32.1 Å². The number of pyridine rings is 1. The highest BCUT2D eigenvalue weighted by Gasteiger charge is 2.34. The van der Waals surface area contributed by atoms with Gasteiger partial charge in [0, 0.05) is 25.5 Å². The van der Waals surface area contributed by atoms with Gasteiger partial charge in [0.15, 0.2) is 0 Å². The van der Waals surface area contributed by atoms with Crippen LogP contribution in [0.4, 0.5) is 0 Å². The predicted molar refractivity (Wildman–Crippen MR) is 86.9 cm³/mol. The van der Waals surface area contributed by atoms with E-state index in [1.807, 2.05) is 19.1 Å². The topological polar surface area (TPSA) is 68.7 Å². The van der Waals surface area contributed by atoms with Crippen LogP contribution < -0.4 is 4.74 Å². The zero-order valence-corrected chi connectivity index (χ0v) is 14.3. The molecule has 0 amide bonds. The Morgan fingerprint density at radius 1 is 1.30 bits per heavy atom. The first-order valence-corrected chi connectivity index (χ1v) is 9.79. The molecule has 3 heterocycles. The van der Waals surface area contributed by atoms with Crippen molar-refractivity contribution < 1.29 is 17.9 Å². The van der Waals surface area contributed by atoms with Crippen molar-refractivity contribution in [3.8, 4) is 5.75 Å². The minimum absolute atomic E-state index is 0.0935. The molecule has 2 saturated heterocycles. The van der Waals surface area contributed by atoms with Crippen LogP contribution in [0.25, 0.3) is 0 Å². The Morgan fingerprint density at radius 2 is 2.09 bits per heavy atom. The molecule has 3 rings (SSSR count). The van der Waals surface area contributed by atoms with E-state index < -0.39 is 10.0 Å². The smallest absolute Gasteiger partial charge is 0.214 e. The largest absolute Gasteiger partial charge is 0.487 e. The number of ether oxygens (including phenoxy) is 2. The molecule has 0 spiro atoms. The van der Waals surface area contributed by atoms with E-state index in [0.717, 1.165) is 25.0 Å². The van der Waals surface area contributed by atoms with Gasteiger partial charge in [0.25, 0.3) is 0 Å². The molecule has 2 aliphatic heterocycles. The van der Waals surface area contributed by atoms with Crippen molar-refractivity contribution >= 4 is 10.0 Å². The van der Waals surface area contributed by atoms with Crippen LogP contribution in [0.1, 0.15) is 25.0 Å². The Kier molecular flexibility index (Phi) is 5.18. The summed E-state index contributed by atoms with van der Waals surface area (Å²) in [5, 5.41) is 0. The molecule has 6 nitrogen and oxygen atoms in total. The van der Waals surface area contributed by atoms with Gasteiger partial charge in [-0.25, -0.2) is 8.42 Å². The lowest BCUT2D eigenvalue weighted by Gasteiger charge is -2.24. The normalized spacial score (nSPS) is 24.0. The molecule has 2 fully saturated rings. The van der Waals surface area contributed by atoms with Gasteiger partial charge < -0.3 is 9.47 Å². The van der Waals surface area contributed by atoms with Gasteiger partial charge in [0.05, 0.1) is 18.5 Å². The third kappa shape index (κ3) is 4.43. The summed E-state index contributed by atoms with van der Waals surface area (Å²) < 4.78 is 37.9. The lowest BCUT2D eigenvalue weighted by molar-refractivity contribution is 0.0720. The van der Waals surface area contributed by atoms with Gasteiger partial charge in [0.2, 0.25) is 10.0 Å². The average molecular weight is 340 g/mol. The Labute approximate surface area is 137 Å². The van der Waals surface area contributed by atoms with E-state index >= 15 is 0 Å².